The van der Waals surface area contributed by atoms with Gasteiger partial charge in [0, 0.05) is 25.3 Å². The van der Waals surface area contributed by atoms with Crippen LogP contribution in [-0.4, -0.2) is 46.3 Å². The number of hydrogen-bond acceptors (Lipinski definition) is 4. The van der Waals surface area contributed by atoms with E-state index >= 15 is 0 Å². The Balaban J connectivity index is 1.59. The van der Waals surface area contributed by atoms with E-state index < -0.39 is 0 Å². The highest BCUT2D eigenvalue weighted by atomic mass is 16.2. The Hall–Kier alpha value is -1.56. The summed E-state index contributed by atoms with van der Waals surface area (Å²) in [5.74, 6) is 0.427. The second-order valence-electron chi connectivity index (χ2n) is 5.52. The van der Waals surface area contributed by atoms with Crippen LogP contribution in [0.1, 0.15) is 32.6 Å². The molecule has 1 aliphatic rings. The smallest absolute Gasteiger partial charge is 0.241 e. The average molecular weight is 279 g/mol. The number of nitrogen functional groups attached to an aromatic ring is 1. The van der Waals surface area contributed by atoms with Crippen LogP contribution in [0.4, 0.5) is 5.82 Å². The molecule has 3 N–H and O–H groups in total. The van der Waals surface area contributed by atoms with Crippen LogP contribution in [-0.2, 0) is 11.3 Å². The second-order valence-corrected chi connectivity index (χ2v) is 5.52. The number of hydrogen-bond donors (Lipinski definition) is 2. The number of likely N-dealkylation sites (tertiary alicyclic amines) is 1. The van der Waals surface area contributed by atoms with E-state index in [0.717, 1.165) is 19.5 Å². The lowest BCUT2D eigenvalue weighted by molar-refractivity contribution is -0.121. The van der Waals surface area contributed by atoms with Gasteiger partial charge in [0.15, 0.2) is 0 Å². The molecule has 0 saturated carbocycles. The van der Waals surface area contributed by atoms with Gasteiger partial charge < -0.3 is 16.0 Å². The summed E-state index contributed by atoms with van der Waals surface area (Å²) < 4.78 is 1.55. The number of anilines is 1. The van der Waals surface area contributed by atoms with Gasteiger partial charge in [-0.2, -0.15) is 5.10 Å². The van der Waals surface area contributed by atoms with Gasteiger partial charge in [-0.05, 0) is 38.8 Å². The second kappa shape index (κ2) is 7.28. The zero-order valence-electron chi connectivity index (χ0n) is 12.2. The minimum absolute atomic E-state index is 0.0141. The molecule has 1 aliphatic heterocycles. The highest BCUT2D eigenvalue weighted by Gasteiger charge is 2.17. The molecule has 2 heterocycles. The molecule has 1 unspecified atom stereocenters. The van der Waals surface area contributed by atoms with E-state index in [4.69, 9.17) is 5.73 Å². The fraction of sp³-hybridized carbons (Fsp3) is 0.714. The maximum atomic E-state index is 11.7. The number of nitrogens with one attached hydrogen (secondary N) is 1. The van der Waals surface area contributed by atoms with Crippen molar-refractivity contribution in [2.45, 2.75) is 45.2 Å². The van der Waals surface area contributed by atoms with Crippen LogP contribution < -0.4 is 11.1 Å². The van der Waals surface area contributed by atoms with E-state index in [9.17, 15) is 4.79 Å². The molecule has 2 rings (SSSR count). The van der Waals surface area contributed by atoms with Gasteiger partial charge in [0.1, 0.15) is 12.4 Å². The van der Waals surface area contributed by atoms with Gasteiger partial charge in [-0.3, -0.25) is 9.48 Å². The molecule has 1 saturated heterocycles. The minimum Gasteiger partial charge on any atom is -0.382 e. The van der Waals surface area contributed by atoms with E-state index in [1.54, 1.807) is 16.9 Å². The van der Waals surface area contributed by atoms with Crippen LogP contribution in [0, 0.1) is 0 Å². The first-order chi connectivity index (χ1) is 9.65. The number of rotatable bonds is 6. The van der Waals surface area contributed by atoms with Crippen LogP contribution in [0.2, 0.25) is 0 Å². The molecule has 1 aromatic heterocycles. The maximum Gasteiger partial charge on any atom is 0.241 e. The number of amides is 1. The molecule has 20 heavy (non-hydrogen) atoms. The zero-order valence-corrected chi connectivity index (χ0v) is 12.2. The number of carbonyl (C=O) groups is 1. The summed E-state index contributed by atoms with van der Waals surface area (Å²) >= 11 is 0. The van der Waals surface area contributed by atoms with Crippen molar-refractivity contribution in [1.29, 1.82) is 0 Å². The molecule has 0 radical (unpaired) electrons. The van der Waals surface area contributed by atoms with Crippen molar-refractivity contribution in [3.63, 3.8) is 0 Å². The van der Waals surface area contributed by atoms with E-state index in [1.807, 2.05) is 0 Å². The summed E-state index contributed by atoms with van der Waals surface area (Å²) in [7, 11) is 0. The molecule has 0 bridgehead atoms. The van der Waals surface area contributed by atoms with Crippen LogP contribution in [0.5, 0.6) is 0 Å². The van der Waals surface area contributed by atoms with Crippen molar-refractivity contribution < 1.29 is 4.79 Å². The summed E-state index contributed by atoms with van der Waals surface area (Å²) in [5.41, 5.74) is 5.50. The van der Waals surface area contributed by atoms with E-state index in [0.29, 0.717) is 11.9 Å². The molecule has 1 amide bonds. The van der Waals surface area contributed by atoms with Gasteiger partial charge in [-0.15, -0.1) is 0 Å². The molecule has 0 aromatic carbocycles. The molecular weight excluding hydrogens is 254 g/mol. The van der Waals surface area contributed by atoms with Gasteiger partial charge in [0.05, 0.1) is 0 Å². The summed E-state index contributed by atoms with van der Waals surface area (Å²) in [4.78, 5) is 14.2. The highest BCUT2D eigenvalue weighted by Crippen LogP contribution is 2.15. The molecule has 0 spiro atoms. The Bertz CT molecular complexity index is 431. The van der Waals surface area contributed by atoms with Crippen LogP contribution in [0.15, 0.2) is 12.3 Å². The SMILES string of the molecule is CC1CCCCN1CCCNC(=O)Cn1ccc(N)n1. The Morgan fingerprint density at radius 1 is 1.55 bits per heavy atom. The lowest BCUT2D eigenvalue weighted by Gasteiger charge is -2.33. The molecule has 1 fully saturated rings. The van der Waals surface area contributed by atoms with Crippen molar-refractivity contribution in [2.75, 3.05) is 25.4 Å². The first-order valence-electron chi connectivity index (χ1n) is 7.45. The topological polar surface area (TPSA) is 76.2 Å². The third-order valence-electron chi connectivity index (χ3n) is 3.85. The summed E-state index contributed by atoms with van der Waals surface area (Å²) in [6, 6.07) is 2.37. The summed E-state index contributed by atoms with van der Waals surface area (Å²) in [5, 5.41) is 6.92. The Morgan fingerprint density at radius 2 is 2.40 bits per heavy atom. The Kier molecular flexibility index (Phi) is 5.40. The Labute approximate surface area is 120 Å². The van der Waals surface area contributed by atoms with Gasteiger partial charge in [-0.1, -0.05) is 6.42 Å². The van der Waals surface area contributed by atoms with Crippen molar-refractivity contribution >= 4 is 11.7 Å². The van der Waals surface area contributed by atoms with E-state index in [-0.39, 0.29) is 12.5 Å². The lowest BCUT2D eigenvalue weighted by Crippen LogP contribution is -2.39. The van der Waals surface area contributed by atoms with Crippen molar-refractivity contribution in [2.24, 2.45) is 0 Å². The van der Waals surface area contributed by atoms with E-state index in [2.05, 4.69) is 22.2 Å². The molecule has 0 aliphatic carbocycles. The van der Waals surface area contributed by atoms with Gasteiger partial charge in [0.25, 0.3) is 0 Å². The largest absolute Gasteiger partial charge is 0.382 e. The predicted octanol–water partition coefficient (Wildman–Crippen LogP) is 0.846. The number of carbonyl (C=O) groups excluding carboxylic acids is 1. The average Bonchev–Trinajstić information content (AvgIpc) is 2.82. The standard InChI is InChI=1S/C14H25N5O/c1-12-5-2-3-8-18(12)9-4-7-16-14(20)11-19-10-6-13(15)17-19/h6,10,12H,2-5,7-9,11H2,1H3,(H2,15,17)(H,16,20). The number of aromatic nitrogens is 2. The predicted molar refractivity (Wildman–Crippen MR) is 79.2 cm³/mol. The molecular formula is C14H25N5O. The number of nitrogens with two attached hydrogens (primary N) is 1. The number of piperidine rings is 1. The quantitative estimate of drug-likeness (QED) is 0.757. The van der Waals surface area contributed by atoms with Crippen LogP contribution in [0.25, 0.3) is 0 Å². The molecule has 6 nitrogen and oxygen atoms in total. The van der Waals surface area contributed by atoms with Crippen LogP contribution >= 0.6 is 0 Å². The van der Waals surface area contributed by atoms with E-state index in [1.165, 1.54) is 25.8 Å². The summed E-state index contributed by atoms with van der Waals surface area (Å²) in [6.07, 6.45) is 6.66. The lowest BCUT2D eigenvalue weighted by atomic mass is 10.0. The maximum absolute atomic E-state index is 11.7. The molecule has 1 atom stereocenters. The fourth-order valence-electron chi connectivity index (χ4n) is 2.67. The van der Waals surface area contributed by atoms with Crippen molar-refractivity contribution in [1.82, 2.24) is 20.0 Å². The first-order valence-corrected chi connectivity index (χ1v) is 7.45. The monoisotopic (exact) mass is 279 g/mol. The molecule has 1 aromatic rings. The third-order valence-corrected chi connectivity index (χ3v) is 3.85. The molecule has 112 valence electrons. The summed E-state index contributed by atoms with van der Waals surface area (Å²) in [6.45, 7) is 5.51. The van der Waals surface area contributed by atoms with Crippen molar-refractivity contribution in [3.8, 4) is 0 Å². The highest BCUT2D eigenvalue weighted by molar-refractivity contribution is 5.75. The van der Waals surface area contributed by atoms with Gasteiger partial charge in [0.2, 0.25) is 5.91 Å². The fourth-order valence-corrected chi connectivity index (χ4v) is 2.67. The molecule has 6 heteroatoms. The normalized spacial score (nSPS) is 19.9. The zero-order chi connectivity index (χ0) is 14.4. The van der Waals surface area contributed by atoms with Crippen LogP contribution in [0.3, 0.4) is 0 Å². The number of nitrogens with zero attached hydrogens (tertiary/aromatic N) is 3. The van der Waals surface area contributed by atoms with Gasteiger partial charge in [-0.25, -0.2) is 0 Å². The van der Waals surface area contributed by atoms with Crippen molar-refractivity contribution in [3.05, 3.63) is 12.3 Å². The third kappa shape index (κ3) is 4.52. The van der Waals surface area contributed by atoms with Gasteiger partial charge >= 0.3 is 0 Å². The Morgan fingerprint density at radius 3 is 3.10 bits per heavy atom. The first kappa shape index (κ1) is 14.8. The minimum atomic E-state index is -0.0141.